The molecular weight excluding hydrogens is 212 g/mol. The van der Waals surface area contributed by atoms with Gasteiger partial charge in [-0.3, -0.25) is 0 Å². The molecule has 0 saturated carbocycles. The number of aliphatic carboxylic acids is 2. The molecule has 8 nitrogen and oxygen atoms in total. The molecule has 15 heavy (non-hydrogen) atoms. The number of carboxylic acid groups (broad SMARTS) is 2. The third kappa shape index (κ3) is 2.07. The van der Waals surface area contributed by atoms with Gasteiger partial charge in [-0.05, 0) is 0 Å². The minimum absolute atomic E-state index is 1.61. The molecule has 1 aliphatic rings. The van der Waals surface area contributed by atoms with E-state index in [4.69, 9.17) is 20.4 Å². The number of aliphatic hydroxyl groups is 3. The topological polar surface area (TPSA) is 145 Å². The van der Waals surface area contributed by atoms with Crippen molar-refractivity contribution in [3.8, 4) is 0 Å². The number of aliphatic hydroxyl groups excluding tert-OH is 3. The fraction of sp³-hybridized carbons (Fsp3) is 0.714. The molecule has 86 valence electrons. The maximum Gasteiger partial charge on any atom is 0.335 e. The van der Waals surface area contributed by atoms with E-state index in [1.807, 2.05) is 0 Å². The number of hydrogen-bond donors (Lipinski definition) is 5. The van der Waals surface area contributed by atoms with Crippen molar-refractivity contribution >= 4 is 11.9 Å². The summed E-state index contributed by atoms with van der Waals surface area (Å²) in [6.07, 6.45) is -9.35. The smallest absolute Gasteiger partial charge is 0.335 e. The first-order valence-electron chi connectivity index (χ1n) is 4.01. The zero-order valence-corrected chi connectivity index (χ0v) is 7.35. The molecule has 0 amide bonds. The van der Waals surface area contributed by atoms with Gasteiger partial charge in [0.25, 0.3) is 0 Å². The Bertz CT molecular complexity index is 250. The number of hydrogen-bond acceptors (Lipinski definition) is 6. The predicted molar refractivity (Wildman–Crippen MR) is 42.0 cm³/mol. The number of carbonyl (C=O) groups is 2. The van der Waals surface area contributed by atoms with Crippen molar-refractivity contribution in [1.29, 1.82) is 0 Å². The zero-order valence-electron chi connectivity index (χ0n) is 7.35. The number of ether oxygens (including phenoxy) is 1. The Morgan fingerprint density at radius 1 is 0.800 bits per heavy atom. The second kappa shape index (κ2) is 4.11. The van der Waals surface area contributed by atoms with Gasteiger partial charge in [-0.2, -0.15) is 0 Å². The quantitative estimate of drug-likeness (QED) is 0.332. The minimum Gasteiger partial charge on any atom is -0.479 e. The lowest BCUT2D eigenvalue weighted by Gasteiger charge is -2.36. The van der Waals surface area contributed by atoms with Crippen LogP contribution in [0.25, 0.3) is 0 Å². The van der Waals surface area contributed by atoms with Crippen molar-refractivity contribution < 1.29 is 39.9 Å². The monoisotopic (exact) mass is 222 g/mol. The lowest BCUT2D eigenvalue weighted by Crippen LogP contribution is -2.61. The summed E-state index contributed by atoms with van der Waals surface area (Å²) >= 11 is 0. The Labute approximate surface area is 83.3 Å². The van der Waals surface area contributed by atoms with E-state index >= 15 is 0 Å². The lowest BCUT2D eigenvalue weighted by molar-refractivity contribution is -0.231. The fourth-order valence-corrected chi connectivity index (χ4v) is 1.29. The molecular formula is C7H10O8. The average molecular weight is 222 g/mol. The summed E-state index contributed by atoms with van der Waals surface area (Å²) < 4.78 is 4.45. The highest BCUT2D eigenvalue weighted by molar-refractivity contribution is 5.77. The van der Waals surface area contributed by atoms with Gasteiger partial charge in [-0.1, -0.05) is 0 Å². The number of rotatable bonds is 2. The van der Waals surface area contributed by atoms with Crippen molar-refractivity contribution in [1.82, 2.24) is 0 Å². The summed E-state index contributed by atoms with van der Waals surface area (Å²) in [5.74, 6) is -3.22. The Kier molecular flexibility index (Phi) is 3.25. The van der Waals surface area contributed by atoms with E-state index in [2.05, 4.69) is 4.74 Å². The number of carboxylic acids is 2. The molecule has 1 aliphatic heterocycles. The summed E-state index contributed by atoms with van der Waals surface area (Å²) in [6.45, 7) is 0. The van der Waals surface area contributed by atoms with Gasteiger partial charge in [0.05, 0.1) is 0 Å². The standard InChI is InChI=1S/C7H10O8/c8-1-2(9)4(6(11)12)15-5(3(1)10)7(13)14/h1-5,8-10H,(H,11,12)(H,13,14)/t1?,2-,3-,4-,5+/m1/s1. The van der Waals surface area contributed by atoms with Crippen LogP contribution in [0.15, 0.2) is 0 Å². The summed E-state index contributed by atoms with van der Waals surface area (Å²) in [4.78, 5) is 21.0. The molecule has 8 heteroatoms. The van der Waals surface area contributed by atoms with Crippen LogP contribution in [0, 0.1) is 0 Å². The highest BCUT2D eigenvalue weighted by Gasteiger charge is 2.49. The van der Waals surface area contributed by atoms with E-state index in [-0.39, 0.29) is 0 Å². The average Bonchev–Trinajstić information content (AvgIpc) is 2.13. The zero-order chi connectivity index (χ0) is 11.7. The molecule has 0 spiro atoms. The van der Waals surface area contributed by atoms with E-state index in [9.17, 15) is 14.7 Å². The van der Waals surface area contributed by atoms with Crippen LogP contribution >= 0.6 is 0 Å². The minimum atomic E-state index is -1.87. The van der Waals surface area contributed by atoms with Crippen molar-refractivity contribution in [3.05, 3.63) is 0 Å². The molecule has 0 aromatic heterocycles. The molecule has 0 bridgehead atoms. The molecule has 0 aliphatic carbocycles. The van der Waals surface area contributed by atoms with Crippen molar-refractivity contribution in [3.63, 3.8) is 0 Å². The molecule has 5 atom stereocenters. The lowest BCUT2D eigenvalue weighted by atomic mass is 9.95. The first-order valence-corrected chi connectivity index (χ1v) is 4.01. The van der Waals surface area contributed by atoms with E-state index in [1.165, 1.54) is 0 Å². The van der Waals surface area contributed by atoms with Crippen molar-refractivity contribution in [2.24, 2.45) is 0 Å². The third-order valence-electron chi connectivity index (χ3n) is 2.10. The van der Waals surface area contributed by atoms with Crippen LogP contribution in [0.3, 0.4) is 0 Å². The predicted octanol–water partition coefficient (Wildman–Crippen LogP) is -2.99. The van der Waals surface area contributed by atoms with Crippen LogP contribution in [0.4, 0.5) is 0 Å². The van der Waals surface area contributed by atoms with Gasteiger partial charge in [0.15, 0.2) is 12.2 Å². The van der Waals surface area contributed by atoms with Gasteiger partial charge in [0.1, 0.15) is 18.3 Å². The molecule has 1 fully saturated rings. The van der Waals surface area contributed by atoms with Crippen LogP contribution in [0.2, 0.25) is 0 Å². The Morgan fingerprint density at radius 3 is 1.40 bits per heavy atom. The second-order valence-electron chi connectivity index (χ2n) is 3.13. The Hall–Kier alpha value is -1.22. The highest BCUT2D eigenvalue weighted by atomic mass is 16.6. The Balaban J connectivity index is 2.89. The van der Waals surface area contributed by atoms with Crippen LogP contribution in [-0.2, 0) is 14.3 Å². The van der Waals surface area contributed by atoms with Crippen LogP contribution in [0.1, 0.15) is 0 Å². The molecule has 0 radical (unpaired) electrons. The molecule has 0 aromatic carbocycles. The van der Waals surface area contributed by atoms with E-state index in [1.54, 1.807) is 0 Å². The fourth-order valence-electron chi connectivity index (χ4n) is 1.29. The van der Waals surface area contributed by atoms with Gasteiger partial charge in [0, 0.05) is 0 Å². The molecule has 1 unspecified atom stereocenters. The second-order valence-corrected chi connectivity index (χ2v) is 3.13. The maximum atomic E-state index is 10.5. The largest absolute Gasteiger partial charge is 0.479 e. The highest BCUT2D eigenvalue weighted by Crippen LogP contribution is 2.21. The van der Waals surface area contributed by atoms with Gasteiger partial charge >= 0.3 is 11.9 Å². The van der Waals surface area contributed by atoms with Crippen molar-refractivity contribution in [2.45, 2.75) is 30.5 Å². The normalized spacial score (nSPS) is 41.1. The van der Waals surface area contributed by atoms with Gasteiger partial charge in [-0.25, -0.2) is 9.59 Å². The van der Waals surface area contributed by atoms with Gasteiger partial charge < -0.3 is 30.3 Å². The Morgan fingerprint density at radius 2 is 1.13 bits per heavy atom. The van der Waals surface area contributed by atoms with E-state index in [0.717, 1.165) is 0 Å². The van der Waals surface area contributed by atoms with Crippen molar-refractivity contribution in [2.75, 3.05) is 0 Å². The van der Waals surface area contributed by atoms with Crippen LogP contribution in [-0.4, -0.2) is 68.0 Å². The molecule has 1 heterocycles. The summed E-state index contributed by atoms with van der Waals surface area (Å²) in [6, 6.07) is 0. The summed E-state index contributed by atoms with van der Waals surface area (Å²) in [7, 11) is 0. The first kappa shape index (κ1) is 11.9. The summed E-state index contributed by atoms with van der Waals surface area (Å²) in [5.41, 5.74) is 0. The third-order valence-corrected chi connectivity index (χ3v) is 2.10. The first-order chi connectivity index (χ1) is 6.86. The van der Waals surface area contributed by atoms with Crippen LogP contribution in [0.5, 0.6) is 0 Å². The molecule has 1 saturated heterocycles. The molecule has 5 N–H and O–H groups in total. The van der Waals surface area contributed by atoms with Gasteiger partial charge in [0.2, 0.25) is 0 Å². The molecule has 1 rings (SSSR count). The van der Waals surface area contributed by atoms with E-state index in [0.29, 0.717) is 0 Å². The van der Waals surface area contributed by atoms with Crippen LogP contribution < -0.4 is 0 Å². The maximum absolute atomic E-state index is 10.5. The molecule has 0 aromatic rings. The van der Waals surface area contributed by atoms with E-state index < -0.39 is 42.5 Å². The van der Waals surface area contributed by atoms with Gasteiger partial charge in [-0.15, -0.1) is 0 Å². The summed E-state index contributed by atoms with van der Waals surface area (Å²) in [5, 5.41) is 44.6. The SMILES string of the molecule is O=C(O)[C@H]1O[C@@H](C(=O)O)[C@H](O)C(O)[C@H]1O.